The zero-order valence-corrected chi connectivity index (χ0v) is 14.5. The monoisotopic (exact) mass is 332 g/mol. The molecule has 0 aromatic heterocycles. The molecule has 0 spiro atoms. The van der Waals surface area contributed by atoms with Crippen molar-refractivity contribution < 1.29 is 25.9 Å². The van der Waals surface area contributed by atoms with Crippen LogP contribution in [0.1, 0.15) is 6.42 Å². The van der Waals surface area contributed by atoms with E-state index < -0.39 is 20.2 Å². The molecule has 2 N–H and O–H groups in total. The van der Waals surface area contributed by atoms with Gasteiger partial charge in [-0.1, -0.05) is 0 Å². The van der Waals surface area contributed by atoms with E-state index in [0.29, 0.717) is 45.9 Å². The van der Waals surface area contributed by atoms with E-state index in [9.17, 15) is 16.8 Å². The van der Waals surface area contributed by atoms with Gasteiger partial charge in [0.1, 0.15) is 0 Å². The Bertz CT molecular complexity index is 404. The summed E-state index contributed by atoms with van der Waals surface area (Å²) in [4.78, 5) is 0. The van der Waals surface area contributed by atoms with Gasteiger partial charge in [-0.05, 0) is 0 Å². The molecule has 0 fully saturated rings. The molecule has 11 heteroatoms. The first kappa shape index (κ1) is 18.5. The Morgan fingerprint density at radius 2 is 1.65 bits per heavy atom. The number of hydrogen-bond acceptors (Lipinski definition) is 6. The van der Waals surface area contributed by atoms with Crippen molar-refractivity contribution in [2.24, 2.45) is 0 Å². The van der Waals surface area contributed by atoms with Crippen LogP contribution in [0.4, 0.5) is 0 Å². The molecule has 0 aromatic rings. The third kappa shape index (κ3) is 15.5. The minimum atomic E-state index is -3.89. The summed E-state index contributed by atoms with van der Waals surface area (Å²) in [6.07, 6.45) is 0.362. The van der Waals surface area contributed by atoms with Gasteiger partial charge >= 0.3 is 128 Å². The fraction of sp³-hybridized carbons (Fsp3) is 1.00. The molecule has 0 aliphatic carbocycles. The Labute approximate surface area is 127 Å². The zero-order chi connectivity index (χ0) is 13.5. The van der Waals surface area contributed by atoms with Crippen molar-refractivity contribution in [3.63, 3.8) is 0 Å². The second kappa shape index (κ2) is 8.64. The second-order valence-electron chi connectivity index (χ2n) is 3.60. The molecule has 0 amide bonds. The fourth-order valence-electron chi connectivity index (χ4n) is 0.931. The van der Waals surface area contributed by atoms with Gasteiger partial charge in [0.25, 0.3) is 0 Å². The predicted octanol–water partition coefficient (Wildman–Crippen LogP) is 0.491. The van der Waals surface area contributed by atoms with Crippen LogP contribution in [0, 0.1) is 0 Å². The van der Waals surface area contributed by atoms with Crippen molar-refractivity contribution in [3.8, 4) is 0 Å². The summed E-state index contributed by atoms with van der Waals surface area (Å²) in [6.45, 7) is 0. The molecule has 17 heavy (non-hydrogen) atoms. The van der Waals surface area contributed by atoms with E-state index in [0.717, 1.165) is 0 Å². The SMILES string of the molecule is O=S(=O)(O)CCCSSC[CH]([Na])CS(=O)(=O)O. The molecular weight excluding hydrogens is 319 g/mol. The zero-order valence-electron chi connectivity index (χ0n) is 9.27. The van der Waals surface area contributed by atoms with Crippen LogP contribution in [0.2, 0.25) is 3.17 Å². The molecule has 0 heterocycles. The molecule has 0 aromatic carbocycles. The quantitative estimate of drug-likeness (QED) is 0.272. The predicted molar refractivity (Wildman–Crippen MR) is 71.9 cm³/mol. The van der Waals surface area contributed by atoms with Crippen LogP contribution in [-0.4, -0.2) is 76.9 Å². The van der Waals surface area contributed by atoms with Gasteiger partial charge in [-0.25, -0.2) is 0 Å². The van der Waals surface area contributed by atoms with Gasteiger partial charge in [0.15, 0.2) is 0 Å². The van der Waals surface area contributed by atoms with E-state index in [-0.39, 0.29) is 14.7 Å². The number of hydrogen-bond donors (Lipinski definition) is 2. The Morgan fingerprint density at radius 1 is 1.06 bits per heavy atom. The van der Waals surface area contributed by atoms with Crippen molar-refractivity contribution in [1.29, 1.82) is 0 Å². The molecule has 0 aliphatic heterocycles. The van der Waals surface area contributed by atoms with E-state index in [2.05, 4.69) is 0 Å². The Hall–Kier alpha value is 1.52. The van der Waals surface area contributed by atoms with Gasteiger partial charge in [-0.15, -0.1) is 0 Å². The van der Waals surface area contributed by atoms with Crippen LogP contribution in [0.5, 0.6) is 0 Å². The van der Waals surface area contributed by atoms with Crippen LogP contribution in [-0.2, 0) is 20.2 Å². The number of rotatable bonds is 9. The average Bonchev–Trinajstić information content (AvgIpc) is 2.06. The molecule has 0 aliphatic rings. The molecule has 0 saturated carbocycles. The summed E-state index contributed by atoms with van der Waals surface area (Å²) >= 11 is 0.673. The molecule has 6 nitrogen and oxygen atoms in total. The summed E-state index contributed by atoms with van der Waals surface area (Å²) in [5.41, 5.74) is 0. The maximum absolute atomic E-state index is 10.6. The van der Waals surface area contributed by atoms with Gasteiger partial charge in [-0.3, -0.25) is 0 Å². The van der Waals surface area contributed by atoms with Crippen molar-refractivity contribution in [2.45, 2.75) is 9.59 Å². The molecule has 0 saturated heterocycles. The third-order valence-electron chi connectivity index (χ3n) is 1.56. The van der Waals surface area contributed by atoms with E-state index in [1.165, 1.54) is 21.6 Å². The summed E-state index contributed by atoms with van der Waals surface area (Å²) in [5, 5.41) is 0. The standard InChI is InChI=1S/C6H13O6S4.Na/c7-15(8,9)5-1-3-13-14-4-2-6-16(10,11)12;/h1H,2-6H2,(H,7,8,9)(H,10,11,12);. The molecule has 0 radical (unpaired) electrons. The maximum atomic E-state index is 10.6. The van der Waals surface area contributed by atoms with Crippen molar-refractivity contribution >= 4 is 69.8 Å². The first-order valence-electron chi connectivity index (χ1n) is 4.75. The van der Waals surface area contributed by atoms with Crippen LogP contribution in [0.15, 0.2) is 0 Å². The van der Waals surface area contributed by atoms with Crippen LogP contribution < -0.4 is 0 Å². The average molecular weight is 332 g/mol. The van der Waals surface area contributed by atoms with Gasteiger partial charge in [0.2, 0.25) is 0 Å². The van der Waals surface area contributed by atoms with Gasteiger partial charge in [0.05, 0.1) is 0 Å². The second-order valence-corrected chi connectivity index (χ2v) is 10.9. The van der Waals surface area contributed by atoms with E-state index in [4.69, 9.17) is 9.11 Å². The van der Waals surface area contributed by atoms with Gasteiger partial charge < -0.3 is 0 Å². The molecule has 1 unspecified atom stereocenters. The Balaban J connectivity index is 3.53. The molecular formula is C6H13NaO6S4. The molecule has 0 bridgehead atoms. The van der Waals surface area contributed by atoms with Crippen molar-refractivity contribution in [2.75, 3.05) is 23.0 Å². The Kier molecular flexibility index (Phi) is 9.42. The molecule has 98 valence electrons. The Morgan fingerprint density at radius 3 is 2.12 bits per heavy atom. The van der Waals surface area contributed by atoms with Crippen LogP contribution in [0.3, 0.4) is 0 Å². The van der Waals surface area contributed by atoms with Crippen molar-refractivity contribution in [1.82, 2.24) is 0 Å². The minimum absolute atomic E-state index is 0.0240. The summed E-state index contributed by atoms with van der Waals surface area (Å²) in [7, 11) is -4.88. The first-order valence-corrected chi connectivity index (χ1v) is 11.6. The van der Waals surface area contributed by atoms with E-state index >= 15 is 0 Å². The molecule has 1 atom stereocenters. The van der Waals surface area contributed by atoms with Crippen LogP contribution in [0.25, 0.3) is 0 Å². The summed E-state index contributed by atoms with van der Waals surface area (Å²) in [5.74, 6) is 0.723. The first-order chi connectivity index (χ1) is 7.60. The van der Waals surface area contributed by atoms with Gasteiger partial charge in [0, 0.05) is 0 Å². The normalized spacial score (nSPS) is 14.8. The van der Waals surface area contributed by atoms with E-state index in [1.54, 1.807) is 0 Å². The fourth-order valence-corrected chi connectivity index (χ4v) is 7.62. The summed E-state index contributed by atoms with van der Waals surface area (Å²) in [6, 6.07) is 0. The van der Waals surface area contributed by atoms with E-state index in [1.807, 2.05) is 0 Å². The van der Waals surface area contributed by atoms with Crippen molar-refractivity contribution in [3.05, 3.63) is 0 Å². The summed E-state index contributed by atoms with van der Waals surface area (Å²) < 4.78 is 58.9. The topological polar surface area (TPSA) is 109 Å². The third-order valence-corrected chi connectivity index (χ3v) is 8.09. The van der Waals surface area contributed by atoms with Gasteiger partial charge in [-0.2, -0.15) is 0 Å². The van der Waals surface area contributed by atoms with Crippen LogP contribution >= 0.6 is 21.6 Å². The molecule has 0 rings (SSSR count).